The van der Waals surface area contributed by atoms with E-state index >= 15 is 0 Å². The molecule has 0 aliphatic carbocycles. The van der Waals surface area contributed by atoms with Gasteiger partial charge in [-0.15, -0.1) is 0 Å². The van der Waals surface area contributed by atoms with Crippen molar-refractivity contribution in [2.75, 3.05) is 42.6 Å². The number of alkyl halides is 3. The van der Waals surface area contributed by atoms with Crippen LogP contribution in [-0.4, -0.2) is 81.8 Å². The lowest BCUT2D eigenvalue weighted by Gasteiger charge is -2.40. The Morgan fingerprint density at radius 3 is 2.59 bits per heavy atom. The largest absolute Gasteiger partial charge is 0.419 e. The molecule has 4 rings (SSSR count). The van der Waals surface area contributed by atoms with Gasteiger partial charge in [0.15, 0.2) is 0 Å². The molecule has 1 saturated heterocycles. The number of fused-ring (bicyclic) bond motifs is 1. The third-order valence-corrected chi connectivity index (χ3v) is 6.51. The maximum atomic E-state index is 12.8. The minimum Gasteiger partial charge on any atom is -0.379 e. The molecule has 2 unspecified atom stereocenters. The summed E-state index contributed by atoms with van der Waals surface area (Å²) in [5.74, 6) is -0.0330. The monoisotopic (exact) mass is 523 g/mol. The van der Waals surface area contributed by atoms with E-state index in [-0.39, 0.29) is 61.5 Å². The number of nitrogens with zero attached hydrogens (tertiary/aromatic N) is 6. The number of amides is 2. The highest BCUT2D eigenvalue weighted by Gasteiger charge is 2.33. The zero-order valence-electron chi connectivity index (χ0n) is 20.5. The number of nitrogens with one attached hydrogen (secondary N) is 1. The minimum absolute atomic E-state index is 0.108. The molecule has 1 N–H and O–H groups in total. The molecule has 0 spiro atoms. The standard InChI is InChI=1S/C23H28F3N7O4/c1-14-12-31(22-27-9-16(10-28-22)23(24,25)26)6-7-32(14)19(34)5-8-37-13-15(2)33-18-11-29-30-21(36)17(18)3-4-20(33)35/h9-11,14-15H,3-8,12-13H2,1-2H3,(H,30,36). The Hall–Kier alpha value is -3.55. The van der Waals surface area contributed by atoms with E-state index in [1.807, 2.05) is 6.92 Å². The van der Waals surface area contributed by atoms with Crippen LogP contribution in [0.4, 0.5) is 24.8 Å². The van der Waals surface area contributed by atoms with Crippen LogP contribution in [0.15, 0.2) is 23.4 Å². The van der Waals surface area contributed by atoms with Gasteiger partial charge >= 0.3 is 6.18 Å². The second-order valence-corrected chi connectivity index (χ2v) is 9.15. The van der Waals surface area contributed by atoms with Crippen molar-refractivity contribution in [3.8, 4) is 0 Å². The number of piperazine rings is 1. The molecular weight excluding hydrogens is 495 g/mol. The Morgan fingerprint density at radius 2 is 1.92 bits per heavy atom. The number of aromatic nitrogens is 4. The molecule has 200 valence electrons. The van der Waals surface area contributed by atoms with Crippen molar-refractivity contribution in [2.45, 2.75) is 51.4 Å². The van der Waals surface area contributed by atoms with E-state index in [1.54, 1.807) is 16.7 Å². The number of carbonyl (C=O) groups is 2. The van der Waals surface area contributed by atoms with Gasteiger partial charge in [0.1, 0.15) is 0 Å². The van der Waals surface area contributed by atoms with Crippen molar-refractivity contribution >= 4 is 23.5 Å². The van der Waals surface area contributed by atoms with Crippen LogP contribution >= 0.6 is 0 Å². The van der Waals surface area contributed by atoms with Crippen LogP contribution in [0.3, 0.4) is 0 Å². The van der Waals surface area contributed by atoms with Crippen molar-refractivity contribution in [3.63, 3.8) is 0 Å². The lowest BCUT2D eigenvalue weighted by molar-refractivity contribution is -0.138. The van der Waals surface area contributed by atoms with E-state index in [4.69, 9.17) is 4.74 Å². The van der Waals surface area contributed by atoms with Crippen LogP contribution in [-0.2, 0) is 26.9 Å². The van der Waals surface area contributed by atoms with Gasteiger partial charge in [0.2, 0.25) is 17.8 Å². The van der Waals surface area contributed by atoms with Crippen molar-refractivity contribution in [2.24, 2.45) is 0 Å². The van der Waals surface area contributed by atoms with Crippen LogP contribution in [0.1, 0.15) is 37.8 Å². The summed E-state index contributed by atoms with van der Waals surface area (Å²) >= 11 is 0. The number of hydrogen-bond acceptors (Lipinski definition) is 8. The quantitative estimate of drug-likeness (QED) is 0.540. The van der Waals surface area contributed by atoms with E-state index in [0.717, 1.165) is 12.4 Å². The Labute approximate surface area is 210 Å². The molecule has 2 amide bonds. The van der Waals surface area contributed by atoms with Crippen LogP contribution in [0, 0.1) is 0 Å². The molecule has 0 bridgehead atoms. The fourth-order valence-electron chi connectivity index (χ4n) is 4.61. The van der Waals surface area contributed by atoms with Gasteiger partial charge in [-0.2, -0.15) is 18.3 Å². The lowest BCUT2D eigenvalue weighted by Crippen LogP contribution is -2.54. The number of halogens is 3. The van der Waals surface area contributed by atoms with Gasteiger partial charge in [-0.1, -0.05) is 0 Å². The number of H-pyrrole nitrogens is 1. The van der Waals surface area contributed by atoms with Crippen LogP contribution in [0.5, 0.6) is 0 Å². The molecule has 2 aromatic rings. The lowest BCUT2D eigenvalue weighted by atomic mass is 10.0. The van der Waals surface area contributed by atoms with E-state index in [0.29, 0.717) is 37.3 Å². The van der Waals surface area contributed by atoms with Gasteiger partial charge in [-0.25, -0.2) is 15.1 Å². The van der Waals surface area contributed by atoms with E-state index in [1.165, 1.54) is 11.1 Å². The normalized spacial score (nSPS) is 19.1. The minimum atomic E-state index is -4.50. The first kappa shape index (κ1) is 26.5. The number of rotatable bonds is 7. The van der Waals surface area contributed by atoms with Crippen LogP contribution in [0.2, 0.25) is 0 Å². The molecule has 0 radical (unpaired) electrons. The smallest absolute Gasteiger partial charge is 0.379 e. The fourth-order valence-corrected chi connectivity index (χ4v) is 4.61. The molecule has 2 aromatic heterocycles. The average molecular weight is 524 g/mol. The molecule has 0 aromatic carbocycles. The first-order chi connectivity index (χ1) is 17.6. The van der Waals surface area contributed by atoms with E-state index in [2.05, 4.69) is 20.2 Å². The van der Waals surface area contributed by atoms with Gasteiger partial charge in [0.05, 0.1) is 43.1 Å². The highest BCUT2D eigenvalue weighted by molar-refractivity contribution is 5.96. The summed E-state index contributed by atoms with van der Waals surface area (Å²) in [4.78, 5) is 49.9. The zero-order valence-corrected chi connectivity index (χ0v) is 20.5. The predicted octanol–water partition coefficient (Wildman–Crippen LogP) is 1.39. The number of ether oxygens (including phenoxy) is 1. The second kappa shape index (κ2) is 10.8. The molecule has 14 heteroatoms. The number of aromatic amines is 1. The highest BCUT2D eigenvalue weighted by Crippen LogP contribution is 2.29. The summed E-state index contributed by atoms with van der Waals surface area (Å²) in [7, 11) is 0. The van der Waals surface area contributed by atoms with E-state index < -0.39 is 11.7 Å². The summed E-state index contributed by atoms with van der Waals surface area (Å²) in [5.41, 5.74) is -0.221. The molecule has 1 fully saturated rings. The summed E-state index contributed by atoms with van der Waals surface area (Å²) in [6.45, 7) is 5.15. The van der Waals surface area contributed by atoms with Crippen LogP contribution < -0.4 is 15.4 Å². The molecule has 4 heterocycles. The van der Waals surface area contributed by atoms with E-state index in [9.17, 15) is 27.6 Å². The molecule has 11 nitrogen and oxygen atoms in total. The predicted molar refractivity (Wildman–Crippen MR) is 126 cm³/mol. The Bertz CT molecular complexity index is 1190. The summed E-state index contributed by atoms with van der Waals surface area (Å²) in [6.07, 6.45) is -0.794. The zero-order chi connectivity index (χ0) is 26.7. The fraction of sp³-hybridized carbons (Fsp3) is 0.565. The molecular formula is C23H28F3N7O4. The SMILES string of the molecule is CC1CN(c2ncc(C(F)(F)F)cn2)CCN1C(=O)CCOCC(C)N1C(=O)CCc2c1cn[nH]c2=O. The summed E-state index contributed by atoms with van der Waals surface area (Å²) in [6, 6.07) is -0.546. The van der Waals surface area contributed by atoms with Crippen molar-refractivity contribution in [1.29, 1.82) is 0 Å². The number of anilines is 2. The Kier molecular flexibility index (Phi) is 7.76. The molecule has 37 heavy (non-hydrogen) atoms. The second-order valence-electron chi connectivity index (χ2n) is 9.15. The third-order valence-electron chi connectivity index (χ3n) is 6.51. The maximum Gasteiger partial charge on any atom is 0.419 e. The van der Waals surface area contributed by atoms with Gasteiger partial charge in [0.25, 0.3) is 5.56 Å². The first-order valence-corrected chi connectivity index (χ1v) is 12.0. The highest BCUT2D eigenvalue weighted by atomic mass is 19.4. The van der Waals surface area contributed by atoms with Crippen molar-refractivity contribution in [1.82, 2.24) is 25.1 Å². The molecule has 2 aliphatic heterocycles. The topological polar surface area (TPSA) is 125 Å². The van der Waals surface area contributed by atoms with Crippen molar-refractivity contribution < 1.29 is 27.5 Å². The third kappa shape index (κ3) is 5.89. The Balaban J connectivity index is 1.24. The first-order valence-electron chi connectivity index (χ1n) is 12.0. The number of hydrogen-bond donors (Lipinski definition) is 1. The molecule has 0 saturated carbocycles. The molecule has 2 aliphatic rings. The number of carbonyl (C=O) groups excluding carboxylic acids is 2. The van der Waals surface area contributed by atoms with Gasteiger partial charge in [-0.3, -0.25) is 14.4 Å². The van der Waals surface area contributed by atoms with Gasteiger partial charge < -0.3 is 19.4 Å². The van der Waals surface area contributed by atoms with Crippen molar-refractivity contribution in [3.05, 3.63) is 40.1 Å². The summed E-state index contributed by atoms with van der Waals surface area (Å²) in [5, 5.41) is 6.19. The summed E-state index contributed by atoms with van der Waals surface area (Å²) < 4.78 is 43.9. The van der Waals surface area contributed by atoms with Gasteiger partial charge in [-0.05, 0) is 20.3 Å². The Morgan fingerprint density at radius 1 is 1.19 bits per heavy atom. The average Bonchev–Trinajstić information content (AvgIpc) is 2.86. The van der Waals surface area contributed by atoms with Crippen LogP contribution in [0.25, 0.3) is 0 Å². The van der Waals surface area contributed by atoms with Gasteiger partial charge in [0, 0.05) is 50.1 Å². The molecule has 2 atom stereocenters. The maximum absolute atomic E-state index is 12.8.